The van der Waals surface area contributed by atoms with Crippen LogP contribution in [-0.4, -0.2) is 42.4 Å². The number of nitrogens with one attached hydrogen (secondary N) is 1. The summed E-state index contributed by atoms with van der Waals surface area (Å²) in [6.07, 6.45) is 1.77. The van der Waals surface area contributed by atoms with Gasteiger partial charge in [0, 0.05) is 6.54 Å². The molecule has 0 atom stereocenters. The summed E-state index contributed by atoms with van der Waals surface area (Å²) in [4.78, 5) is 12.0. The molecule has 2 rings (SSSR count). The van der Waals surface area contributed by atoms with E-state index in [4.69, 9.17) is 0 Å². The van der Waals surface area contributed by atoms with E-state index in [0.717, 1.165) is 15.9 Å². The number of carbonyl (C=O) groups excluding carboxylic acids is 1. The van der Waals surface area contributed by atoms with Crippen LogP contribution in [0.5, 0.6) is 0 Å². The summed E-state index contributed by atoms with van der Waals surface area (Å²) in [6.45, 7) is 8.24. The molecule has 0 spiro atoms. The van der Waals surface area contributed by atoms with Crippen LogP contribution >= 0.6 is 34.9 Å². The molecule has 0 aromatic carbocycles. The topological polar surface area (TPSA) is 85.6 Å². The van der Waals surface area contributed by atoms with Crippen molar-refractivity contribution in [2.24, 2.45) is 0 Å². The Morgan fingerprint density at radius 2 is 2.18 bits per heavy atom. The van der Waals surface area contributed by atoms with Crippen LogP contribution < -0.4 is 5.32 Å². The fraction of sp³-hybridized carbons (Fsp3) is 0.417. The maximum Gasteiger partial charge on any atom is 0.236 e. The highest BCUT2D eigenvalue weighted by Gasteiger charge is 2.12. The third-order valence-corrected chi connectivity index (χ3v) is 5.29. The monoisotopic (exact) mass is 356 g/mol. The number of nitrogens with zero attached hydrogens (tertiary/aromatic N) is 5. The van der Waals surface area contributed by atoms with E-state index in [-0.39, 0.29) is 11.7 Å². The number of thioether (sulfide) groups is 2. The molecule has 2 heterocycles. The molecule has 1 amide bonds. The number of hydrogen-bond acceptors (Lipinski definition) is 8. The molecule has 0 aliphatic rings. The van der Waals surface area contributed by atoms with Gasteiger partial charge in [-0.15, -0.1) is 27.0 Å². The van der Waals surface area contributed by atoms with Gasteiger partial charge in [0.15, 0.2) is 9.50 Å². The van der Waals surface area contributed by atoms with Crippen LogP contribution in [0.1, 0.15) is 12.7 Å². The summed E-state index contributed by atoms with van der Waals surface area (Å²) in [5, 5.41) is 20.0. The van der Waals surface area contributed by atoms with E-state index in [2.05, 4.69) is 32.3 Å². The Kier molecular flexibility index (Phi) is 6.40. The zero-order chi connectivity index (χ0) is 15.9. The molecule has 1 N–H and O–H groups in total. The summed E-state index contributed by atoms with van der Waals surface area (Å²) >= 11 is 4.31. The lowest BCUT2D eigenvalue weighted by atomic mass is 10.6. The fourth-order valence-corrected chi connectivity index (χ4v) is 3.99. The average Bonchev–Trinajstić information content (AvgIpc) is 3.06. The number of aryl methyl sites for hydroxylation is 1. The summed E-state index contributed by atoms with van der Waals surface area (Å²) in [7, 11) is 0. The molecule has 10 heteroatoms. The molecular weight excluding hydrogens is 340 g/mol. The van der Waals surface area contributed by atoms with Gasteiger partial charge in [0.25, 0.3) is 0 Å². The van der Waals surface area contributed by atoms with Crippen LogP contribution in [0.15, 0.2) is 22.2 Å². The number of anilines is 1. The zero-order valence-electron chi connectivity index (χ0n) is 12.3. The van der Waals surface area contributed by atoms with E-state index in [9.17, 15) is 4.79 Å². The van der Waals surface area contributed by atoms with Crippen LogP contribution in [0.2, 0.25) is 0 Å². The maximum atomic E-state index is 12.0. The van der Waals surface area contributed by atoms with Gasteiger partial charge in [-0.05, 0) is 12.7 Å². The summed E-state index contributed by atoms with van der Waals surface area (Å²) in [6, 6.07) is 0. The predicted octanol–water partition coefficient (Wildman–Crippen LogP) is 2.47. The summed E-state index contributed by atoms with van der Waals surface area (Å²) in [5.41, 5.74) is 0. The molecule has 7 nitrogen and oxygen atoms in total. The number of carbonyl (C=O) groups is 1. The van der Waals surface area contributed by atoms with Crippen molar-refractivity contribution >= 4 is 45.9 Å². The number of aromatic nitrogens is 5. The van der Waals surface area contributed by atoms with E-state index in [0.29, 0.717) is 16.8 Å². The lowest BCUT2D eigenvalue weighted by molar-refractivity contribution is -0.113. The fourth-order valence-electron chi connectivity index (χ4n) is 1.54. The van der Waals surface area contributed by atoms with Gasteiger partial charge in [-0.2, -0.15) is 0 Å². The Morgan fingerprint density at radius 3 is 2.91 bits per heavy atom. The Labute approximate surface area is 141 Å². The van der Waals surface area contributed by atoms with E-state index >= 15 is 0 Å². The molecule has 0 aliphatic carbocycles. The van der Waals surface area contributed by atoms with E-state index in [1.807, 2.05) is 18.4 Å². The van der Waals surface area contributed by atoms with Crippen molar-refractivity contribution in [2.45, 2.75) is 29.9 Å². The number of rotatable bonds is 8. The highest BCUT2D eigenvalue weighted by molar-refractivity contribution is 8.01. The minimum atomic E-state index is -0.139. The summed E-state index contributed by atoms with van der Waals surface area (Å²) in [5.74, 6) is 1.83. The molecule has 118 valence electrons. The minimum absolute atomic E-state index is 0.139. The second kappa shape index (κ2) is 8.30. The second-order valence-corrected chi connectivity index (χ2v) is 7.50. The van der Waals surface area contributed by atoms with Gasteiger partial charge in [-0.1, -0.05) is 47.9 Å². The molecule has 0 saturated carbocycles. The Morgan fingerprint density at radius 1 is 1.36 bits per heavy atom. The quantitative estimate of drug-likeness (QED) is 0.442. The molecule has 22 heavy (non-hydrogen) atoms. The van der Waals surface area contributed by atoms with Gasteiger partial charge in [0.1, 0.15) is 5.82 Å². The minimum Gasteiger partial charge on any atom is -0.302 e. The predicted molar refractivity (Wildman–Crippen MR) is 90.6 cm³/mol. The van der Waals surface area contributed by atoms with E-state index in [1.165, 1.54) is 23.1 Å². The van der Waals surface area contributed by atoms with Crippen LogP contribution in [0.4, 0.5) is 5.13 Å². The summed E-state index contributed by atoms with van der Waals surface area (Å²) < 4.78 is 2.76. The molecule has 0 aliphatic heterocycles. The molecule has 0 radical (unpaired) electrons. The first-order valence-electron chi connectivity index (χ1n) is 6.53. The van der Waals surface area contributed by atoms with E-state index in [1.54, 1.807) is 17.8 Å². The van der Waals surface area contributed by atoms with Crippen molar-refractivity contribution < 1.29 is 4.79 Å². The lowest BCUT2D eigenvalue weighted by Gasteiger charge is -2.04. The Hall–Kier alpha value is -1.39. The zero-order valence-corrected chi connectivity index (χ0v) is 14.7. The first kappa shape index (κ1) is 17.0. The SMILES string of the molecule is C=CCn1c(C)nnc1SCC(=O)Nc1nnc(SCC)s1. The van der Waals surface area contributed by atoms with Crippen LogP contribution in [-0.2, 0) is 11.3 Å². The third-order valence-electron chi connectivity index (χ3n) is 2.47. The van der Waals surface area contributed by atoms with Crippen molar-refractivity contribution in [1.29, 1.82) is 0 Å². The average molecular weight is 357 g/mol. The number of amides is 1. The Bertz CT molecular complexity index is 653. The van der Waals surface area contributed by atoms with Gasteiger partial charge >= 0.3 is 0 Å². The van der Waals surface area contributed by atoms with Crippen molar-refractivity contribution in [2.75, 3.05) is 16.8 Å². The van der Waals surface area contributed by atoms with Crippen LogP contribution in [0, 0.1) is 6.92 Å². The van der Waals surface area contributed by atoms with Crippen molar-refractivity contribution in [1.82, 2.24) is 25.0 Å². The molecule has 0 bridgehead atoms. The molecule has 0 saturated heterocycles. The normalized spacial score (nSPS) is 10.6. The highest BCUT2D eigenvalue weighted by Crippen LogP contribution is 2.25. The standard InChI is InChI=1S/C12H16N6OS3/c1-4-6-18-8(3)14-16-11(18)21-7-9(19)13-10-15-17-12(22-10)20-5-2/h4H,1,5-7H2,2-3H3,(H,13,15,19). The molecular formula is C12H16N6OS3. The van der Waals surface area contributed by atoms with Gasteiger partial charge < -0.3 is 4.57 Å². The molecule has 2 aromatic rings. The third kappa shape index (κ3) is 4.55. The smallest absolute Gasteiger partial charge is 0.236 e. The van der Waals surface area contributed by atoms with Gasteiger partial charge in [-0.3, -0.25) is 10.1 Å². The lowest BCUT2D eigenvalue weighted by Crippen LogP contribution is -2.14. The van der Waals surface area contributed by atoms with Crippen LogP contribution in [0.3, 0.4) is 0 Å². The second-order valence-electron chi connectivity index (χ2n) is 4.07. The maximum absolute atomic E-state index is 12.0. The molecule has 0 fully saturated rings. The largest absolute Gasteiger partial charge is 0.302 e. The first-order chi connectivity index (χ1) is 10.6. The van der Waals surface area contributed by atoms with E-state index < -0.39 is 0 Å². The molecule has 2 aromatic heterocycles. The highest BCUT2D eigenvalue weighted by atomic mass is 32.2. The van der Waals surface area contributed by atoms with Crippen LogP contribution in [0.25, 0.3) is 0 Å². The number of hydrogen-bond donors (Lipinski definition) is 1. The number of allylic oxidation sites excluding steroid dienone is 1. The van der Waals surface area contributed by atoms with Crippen molar-refractivity contribution in [3.63, 3.8) is 0 Å². The van der Waals surface area contributed by atoms with Crippen molar-refractivity contribution in [3.05, 3.63) is 18.5 Å². The van der Waals surface area contributed by atoms with Crippen molar-refractivity contribution in [3.8, 4) is 0 Å². The molecule has 0 unspecified atom stereocenters. The first-order valence-corrected chi connectivity index (χ1v) is 9.32. The van der Waals surface area contributed by atoms with Gasteiger partial charge in [0.05, 0.1) is 5.75 Å². The Balaban J connectivity index is 1.88. The van der Waals surface area contributed by atoms with Gasteiger partial charge in [-0.25, -0.2) is 0 Å². The van der Waals surface area contributed by atoms with Gasteiger partial charge in [0.2, 0.25) is 11.0 Å².